The maximum absolute atomic E-state index is 13.0. The Kier molecular flexibility index (Phi) is 6.12. The molecule has 0 saturated carbocycles. The third kappa shape index (κ3) is 4.90. The molecule has 0 spiro atoms. The summed E-state index contributed by atoms with van der Waals surface area (Å²) in [5.74, 6) is -0.280. The van der Waals surface area contributed by atoms with Crippen LogP contribution in [0.5, 0.6) is 0 Å². The molecule has 29 heavy (non-hydrogen) atoms. The van der Waals surface area contributed by atoms with Gasteiger partial charge in [0.1, 0.15) is 5.82 Å². The molecule has 5 nitrogen and oxygen atoms in total. The molecule has 1 aromatic carbocycles. The number of pyridine rings is 1. The molecule has 1 aliphatic rings. The van der Waals surface area contributed by atoms with Crippen LogP contribution in [0.25, 0.3) is 5.57 Å². The van der Waals surface area contributed by atoms with E-state index in [1.165, 1.54) is 12.1 Å². The molecule has 2 heterocycles. The highest BCUT2D eigenvalue weighted by molar-refractivity contribution is 5.77. The number of amides is 2. The van der Waals surface area contributed by atoms with Gasteiger partial charge in [-0.15, -0.1) is 0 Å². The van der Waals surface area contributed by atoms with Gasteiger partial charge in [0.25, 0.3) is 0 Å². The average molecular weight is 392 g/mol. The number of halogens is 1. The number of rotatable bonds is 5. The second-order valence-electron chi connectivity index (χ2n) is 7.01. The van der Waals surface area contributed by atoms with Crippen LogP contribution < -0.4 is 11.1 Å². The number of allylic oxidation sites excluding steroid dienone is 3. The Morgan fingerprint density at radius 1 is 1.24 bits per heavy atom. The average Bonchev–Trinajstić information content (AvgIpc) is 3.15. The number of aromatic nitrogens is 1. The first-order valence-corrected chi connectivity index (χ1v) is 9.50. The lowest BCUT2D eigenvalue weighted by Gasteiger charge is -2.17. The number of nitrogens with zero attached hydrogens (tertiary/aromatic N) is 2. The van der Waals surface area contributed by atoms with Crippen LogP contribution in [0.4, 0.5) is 9.18 Å². The van der Waals surface area contributed by atoms with Gasteiger partial charge >= 0.3 is 6.03 Å². The van der Waals surface area contributed by atoms with Gasteiger partial charge in [0.05, 0.1) is 23.6 Å². The van der Waals surface area contributed by atoms with Gasteiger partial charge in [0.15, 0.2) is 0 Å². The molecule has 0 atom stereocenters. The number of nitrogens with one attached hydrogen (secondary N) is 1. The Balaban J connectivity index is 1.60. The van der Waals surface area contributed by atoms with E-state index < -0.39 is 0 Å². The minimum atomic E-state index is -0.280. The molecular weight excluding hydrogens is 367 g/mol. The number of aryl methyl sites for hydroxylation is 1. The Labute approximate surface area is 170 Å². The summed E-state index contributed by atoms with van der Waals surface area (Å²) in [6, 6.07) is 9.98. The first-order valence-electron chi connectivity index (χ1n) is 9.50. The van der Waals surface area contributed by atoms with Gasteiger partial charge in [-0.3, -0.25) is 4.98 Å². The minimum absolute atomic E-state index is 0.262. The minimum Gasteiger partial charge on any atom is -0.397 e. The zero-order chi connectivity index (χ0) is 21.0. The van der Waals surface area contributed by atoms with Crippen LogP contribution >= 0.6 is 0 Å². The molecule has 1 aromatic heterocycles. The van der Waals surface area contributed by atoms with Gasteiger partial charge < -0.3 is 16.0 Å². The first-order chi connectivity index (χ1) is 13.9. The number of carbonyl (C=O) groups is 1. The quantitative estimate of drug-likeness (QED) is 0.747. The van der Waals surface area contributed by atoms with Crippen LogP contribution in [0.1, 0.15) is 36.4 Å². The highest BCUT2D eigenvalue weighted by atomic mass is 19.1. The third-order valence-corrected chi connectivity index (χ3v) is 4.90. The third-order valence-electron chi connectivity index (χ3n) is 4.90. The number of nitrogens with two attached hydrogens (primary N) is 1. The summed E-state index contributed by atoms with van der Waals surface area (Å²) in [7, 11) is 0. The predicted molar refractivity (Wildman–Crippen MR) is 113 cm³/mol. The van der Waals surface area contributed by atoms with Crippen molar-refractivity contribution in [2.45, 2.75) is 33.4 Å². The number of hydrogen-bond donors (Lipinski definition) is 2. The van der Waals surface area contributed by atoms with Crippen molar-refractivity contribution in [3.8, 4) is 0 Å². The number of benzene rings is 1. The Hall–Kier alpha value is -3.41. The van der Waals surface area contributed by atoms with Crippen molar-refractivity contribution in [1.82, 2.24) is 15.2 Å². The van der Waals surface area contributed by atoms with Crippen LogP contribution in [-0.2, 0) is 19.5 Å². The predicted octanol–water partition coefficient (Wildman–Crippen LogP) is 4.27. The molecule has 150 valence electrons. The molecule has 2 amide bonds. The van der Waals surface area contributed by atoms with E-state index in [9.17, 15) is 9.18 Å². The van der Waals surface area contributed by atoms with E-state index in [4.69, 9.17) is 5.73 Å². The van der Waals surface area contributed by atoms with Crippen molar-refractivity contribution in [1.29, 1.82) is 0 Å². The molecule has 3 N–H and O–H groups in total. The van der Waals surface area contributed by atoms with E-state index in [2.05, 4.69) is 23.8 Å². The zero-order valence-electron chi connectivity index (χ0n) is 16.7. The van der Waals surface area contributed by atoms with Gasteiger partial charge in [0, 0.05) is 12.2 Å². The first kappa shape index (κ1) is 20.3. The maximum Gasteiger partial charge on any atom is 0.322 e. The van der Waals surface area contributed by atoms with E-state index in [1.807, 2.05) is 25.1 Å². The molecule has 0 aliphatic carbocycles. The Morgan fingerprint density at radius 2 is 1.97 bits per heavy atom. The van der Waals surface area contributed by atoms with Gasteiger partial charge in [-0.1, -0.05) is 37.8 Å². The fourth-order valence-electron chi connectivity index (χ4n) is 3.04. The molecule has 0 fully saturated rings. The van der Waals surface area contributed by atoms with E-state index in [-0.39, 0.29) is 11.8 Å². The van der Waals surface area contributed by atoms with Crippen molar-refractivity contribution in [3.05, 3.63) is 94.9 Å². The maximum atomic E-state index is 13.0. The monoisotopic (exact) mass is 392 g/mol. The van der Waals surface area contributed by atoms with Crippen LogP contribution in [0, 0.1) is 5.82 Å². The highest BCUT2D eigenvalue weighted by Crippen LogP contribution is 2.22. The lowest BCUT2D eigenvalue weighted by atomic mass is 10.1. The van der Waals surface area contributed by atoms with Gasteiger partial charge in [0.2, 0.25) is 0 Å². The molecule has 3 rings (SSSR count). The summed E-state index contributed by atoms with van der Waals surface area (Å²) in [6.07, 6.45) is 4.35. The number of fused-ring (bicyclic) bond motifs is 1. The van der Waals surface area contributed by atoms with Crippen molar-refractivity contribution in [2.75, 3.05) is 0 Å². The van der Waals surface area contributed by atoms with Crippen LogP contribution in [0.15, 0.2) is 66.5 Å². The summed E-state index contributed by atoms with van der Waals surface area (Å²) in [4.78, 5) is 18.8. The normalized spacial score (nSPS) is 14.0. The van der Waals surface area contributed by atoms with Gasteiger partial charge in [-0.25, -0.2) is 9.18 Å². The number of carbonyl (C=O) groups excluding carboxylic acids is 1. The second-order valence-corrected chi connectivity index (χ2v) is 7.01. The second kappa shape index (κ2) is 8.73. The summed E-state index contributed by atoms with van der Waals surface area (Å²) in [5.41, 5.74) is 11.5. The Bertz CT molecular complexity index is 992. The SMILES string of the molecule is C=C(NC(=O)N1Cc2ccc(CC)nc2C1)/C(N)=C\C=C(/C)c1ccc(F)cc1. The number of hydrogen-bond acceptors (Lipinski definition) is 3. The van der Waals surface area contributed by atoms with Crippen LogP contribution in [-0.4, -0.2) is 15.9 Å². The fraction of sp³-hybridized carbons (Fsp3) is 0.217. The van der Waals surface area contributed by atoms with Crippen molar-refractivity contribution in [3.63, 3.8) is 0 Å². The highest BCUT2D eigenvalue weighted by Gasteiger charge is 2.25. The molecule has 0 saturated heterocycles. The standard InChI is InChI=1S/C23H25FN4O/c1-4-20-11-8-18-13-28(14-22(18)27-20)23(29)26-16(3)21(25)12-5-15(2)17-6-9-19(24)10-7-17/h5-12H,3-4,13-14,25H2,1-2H3,(H,26,29)/b15-5+,21-12+. The smallest absolute Gasteiger partial charge is 0.322 e. The van der Waals surface area contributed by atoms with Crippen molar-refractivity contribution >= 4 is 11.6 Å². The molecule has 1 aliphatic heterocycles. The number of urea groups is 1. The summed E-state index contributed by atoms with van der Waals surface area (Å²) in [6.45, 7) is 8.79. The zero-order valence-corrected chi connectivity index (χ0v) is 16.7. The molecule has 0 unspecified atom stereocenters. The Morgan fingerprint density at radius 3 is 2.66 bits per heavy atom. The van der Waals surface area contributed by atoms with Gasteiger partial charge in [-0.05, 0) is 54.3 Å². The van der Waals surface area contributed by atoms with E-state index in [0.29, 0.717) is 24.5 Å². The van der Waals surface area contributed by atoms with Gasteiger partial charge in [-0.2, -0.15) is 0 Å². The van der Waals surface area contributed by atoms with E-state index in [1.54, 1.807) is 23.1 Å². The summed E-state index contributed by atoms with van der Waals surface area (Å²) < 4.78 is 13.0. The fourth-order valence-corrected chi connectivity index (χ4v) is 3.04. The van der Waals surface area contributed by atoms with Crippen molar-refractivity contribution < 1.29 is 9.18 Å². The lowest BCUT2D eigenvalue weighted by molar-refractivity contribution is 0.201. The topological polar surface area (TPSA) is 71.2 Å². The molecule has 0 bridgehead atoms. The van der Waals surface area contributed by atoms with E-state index in [0.717, 1.165) is 34.5 Å². The largest absolute Gasteiger partial charge is 0.397 e. The summed E-state index contributed by atoms with van der Waals surface area (Å²) >= 11 is 0. The van der Waals surface area contributed by atoms with Crippen LogP contribution in [0.3, 0.4) is 0 Å². The molecule has 2 aromatic rings. The lowest BCUT2D eigenvalue weighted by Crippen LogP contribution is -2.36. The van der Waals surface area contributed by atoms with Crippen LogP contribution in [0.2, 0.25) is 0 Å². The van der Waals surface area contributed by atoms with E-state index >= 15 is 0 Å². The molecule has 0 radical (unpaired) electrons. The van der Waals surface area contributed by atoms with Crippen molar-refractivity contribution in [2.24, 2.45) is 5.73 Å². The summed E-state index contributed by atoms with van der Waals surface area (Å²) in [5, 5.41) is 2.75. The molecule has 6 heteroatoms. The molecular formula is C23H25FN4O.